The van der Waals surface area contributed by atoms with Gasteiger partial charge in [-0.3, -0.25) is 4.79 Å². The van der Waals surface area contributed by atoms with Crippen molar-refractivity contribution in [3.8, 4) is 0 Å². The molecule has 21 heavy (non-hydrogen) atoms. The van der Waals surface area contributed by atoms with Crippen molar-refractivity contribution in [1.29, 1.82) is 0 Å². The van der Waals surface area contributed by atoms with E-state index in [0.717, 1.165) is 10.2 Å². The summed E-state index contributed by atoms with van der Waals surface area (Å²) in [6.07, 6.45) is -0.0780. The molecule has 1 unspecified atom stereocenters. The molecule has 0 aliphatic carbocycles. The van der Waals surface area contributed by atoms with E-state index in [1.807, 2.05) is 18.2 Å². The van der Waals surface area contributed by atoms with E-state index < -0.39 is 6.10 Å². The summed E-state index contributed by atoms with van der Waals surface area (Å²) in [6.45, 7) is 0.482. The van der Waals surface area contributed by atoms with E-state index >= 15 is 0 Å². The van der Waals surface area contributed by atoms with Crippen LogP contribution in [0.15, 0.2) is 46.9 Å². The molecule has 0 fully saturated rings. The van der Waals surface area contributed by atoms with Gasteiger partial charge < -0.3 is 10.0 Å². The highest BCUT2D eigenvalue weighted by Gasteiger charge is 2.29. The number of fused-ring (bicyclic) bond motifs is 1. The highest BCUT2D eigenvalue weighted by molar-refractivity contribution is 9.10. The highest BCUT2D eigenvalue weighted by atomic mass is 79.9. The number of hydrogen-bond acceptors (Lipinski definition) is 2. The molecule has 108 valence electrons. The summed E-state index contributed by atoms with van der Waals surface area (Å²) in [5.41, 5.74) is 2.03. The summed E-state index contributed by atoms with van der Waals surface area (Å²) in [5, 5.41) is 10.7. The first-order valence-electron chi connectivity index (χ1n) is 6.62. The Morgan fingerprint density at radius 3 is 2.81 bits per heavy atom. The van der Waals surface area contributed by atoms with Crippen molar-refractivity contribution in [2.45, 2.75) is 12.5 Å². The SMILES string of the molecule is O=C(c1ccccc1Br)N1CCC(O)c2cc(Cl)ccc21. The van der Waals surface area contributed by atoms with Crippen molar-refractivity contribution in [1.82, 2.24) is 0 Å². The highest BCUT2D eigenvalue weighted by Crippen LogP contribution is 2.36. The fourth-order valence-electron chi connectivity index (χ4n) is 2.56. The lowest BCUT2D eigenvalue weighted by Gasteiger charge is -2.32. The molecule has 0 bridgehead atoms. The quantitative estimate of drug-likeness (QED) is 0.822. The van der Waals surface area contributed by atoms with Gasteiger partial charge in [0.1, 0.15) is 0 Å². The van der Waals surface area contributed by atoms with Crippen LogP contribution in [0.25, 0.3) is 0 Å². The molecule has 3 rings (SSSR count). The molecule has 2 aromatic carbocycles. The predicted octanol–water partition coefficient (Wildman–Crippen LogP) is 4.19. The second-order valence-corrected chi connectivity index (χ2v) is 6.24. The van der Waals surface area contributed by atoms with Gasteiger partial charge >= 0.3 is 0 Å². The van der Waals surface area contributed by atoms with Crippen molar-refractivity contribution >= 4 is 39.1 Å². The summed E-state index contributed by atoms with van der Waals surface area (Å²) >= 11 is 9.40. The van der Waals surface area contributed by atoms with Crippen LogP contribution in [0.3, 0.4) is 0 Å². The van der Waals surface area contributed by atoms with Crippen molar-refractivity contribution in [2.75, 3.05) is 11.4 Å². The molecule has 1 aliphatic rings. The Morgan fingerprint density at radius 2 is 2.05 bits per heavy atom. The maximum Gasteiger partial charge on any atom is 0.259 e. The largest absolute Gasteiger partial charge is 0.388 e. The number of benzene rings is 2. The Bertz CT molecular complexity index is 704. The Kier molecular flexibility index (Phi) is 4.02. The number of anilines is 1. The monoisotopic (exact) mass is 365 g/mol. The smallest absolute Gasteiger partial charge is 0.259 e. The van der Waals surface area contributed by atoms with E-state index in [-0.39, 0.29) is 5.91 Å². The average molecular weight is 367 g/mol. The second-order valence-electron chi connectivity index (χ2n) is 4.94. The molecule has 5 heteroatoms. The number of rotatable bonds is 1. The molecule has 1 amide bonds. The molecule has 3 nitrogen and oxygen atoms in total. The number of nitrogens with zero attached hydrogens (tertiary/aromatic N) is 1. The Hall–Kier alpha value is -1.36. The molecule has 2 aromatic rings. The second kappa shape index (κ2) is 5.79. The van der Waals surface area contributed by atoms with Crippen LogP contribution >= 0.6 is 27.5 Å². The van der Waals surface area contributed by atoms with Gasteiger partial charge in [0.15, 0.2) is 0 Å². The van der Waals surface area contributed by atoms with Crippen LogP contribution < -0.4 is 4.90 Å². The number of halogens is 2. The van der Waals surface area contributed by atoms with Gasteiger partial charge in [-0.15, -0.1) is 0 Å². The Labute approximate surface area is 136 Å². The lowest BCUT2D eigenvalue weighted by Crippen LogP contribution is -2.36. The molecule has 1 aliphatic heterocycles. The lowest BCUT2D eigenvalue weighted by atomic mass is 9.98. The molecule has 0 aromatic heterocycles. The number of carbonyl (C=O) groups is 1. The van der Waals surface area contributed by atoms with Crippen molar-refractivity contribution in [3.05, 3.63) is 63.1 Å². The maximum atomic E-state index is 12.8. The van der Waals surface area contributed by atoms with E-state index in [9.17, 15) is 9.90 Å². The lowest BCUT2D eigenvalue weighted by molar-refractivity contribution is 0.0970. The van der Waals surface area contributed by atoms with E-state index in [4.69, 9.17) is 11.6 Å². The van der Waals surface area contributed by atoms with Crippen LogP contribution in [0, 0.1) is 0 Å². The van der Waals surface area contributed by atoms with Crippen molar-refractivity contribution < 1.29 is 9.90 Å². The van der Waals surface area contributed by atoms with Gasteiger partial charge in [-0.2, -0.15) is 0 Å². The van der Waals surface area contributed by atoms with Crippen LogP contribution in [0.5, 0.6) is 0 Å². The topological polar surface area (TPSA) is 40.5 Å². The third kappa shape index (κ3) is 2.71. The van der Waals surface area contributed by atoms with E-state index in [1.165, 1.54) is 0 Å². The van der Waals surface area contributed by atoms with Gasteiger partial charge in [-0.1, -0.05) is 23.7 Å². The van der Waals surface area contributed by atoms with Gasteiger partial charge in [0.05, 0.1) is 11.7 Å². The average Bonchev–Trinajstić information content (AvgIpc) is 2.48. The van der Waals surface area contributed by atoms with Gasteiger partial charge in [0, 0.05) is 27.3 Å². The molecule has 1 N–H and O–H groups in total. The standard InChI is InChI=1S/C16H13BrClNO2/c17-13-4-2-1-3-11(13)16(21)19-8-7-15(20)12-9-10(18)5-6-14(12)19/h1-6,9,15,20H,7-8H2. The molecule has 0 spiro atoms. The summed E-state index contributed by atoms with van der Waals surface area (Å²) in [7, 11) is 0. The summed E-state index contributed by atoms with van der Waals surface area (Å²) in [4.78, 5) is 14.4. The Morgan fingerprint density at radius 1 is 1.29 bits per heavy atom. The summed E-state index contributed by atoms with van der Waals surface area (Å²) < 4.78 is 0.761. The zero-order valence-corrected chi connectivity index (χ0v) is 13.4. The van der Waals surface area contributed by atoms with Crippen LogP contribution in [0.2, 0.25) is 5.02 Å². The van der Waals surface area contributed by atoms with Crippen LogP contribution in [0.1, 0.15) is 28.4 Å². The molecule has 0 saturated carbocycles. The number of hydrogen-bond donors (Lipinski definition) is 1. The number of carbonyl (C=O) groups excluding carboxylic acids is 1. The van der Waals surface area contributed by atoms with Gasteiger partial charge in [-0.25, -0.2) is 0 Å². The van der Waals surface area contributed by atoms with Gasteiger partial charge in [0.2, 0.25) is 0 Å². The molecule has 0 saturated heterocycles. The molecular formula is C16H13BrClNO2. The van der Waals surface area contributed by atoms with E-state index in [1.54, 1.807) is 29.2 Å². The molecule has 1 heterocycles. The van der Waals surface area contributed by atoms with Crippen molar-refractivity contribution in [3.63, 3.8) is 0 Å². The normalized spacial score (nSPS) is 17.5. The molecule has 0 radical (unpaired) electrons. The minimum absolute atomic E-state index is 0.0852. The predicted molar refractivity (Wildman–Crippen MR) is 86.8 cm³/mol. The number of aliphatic hydroxyl groups excluding tert-OH is 1. The minimum atomic E-state index is -0.582. The zero-order valence-electron chi connectivity index (χ0n) is 11.1. The van der Waals surface area contributed by atoms with Gasteiger partial charge in [-0.05, 0) is 52.7 Å². The number of aliphatic hydroxyl groups is 1. The summed E-state index contributed by atoms with van der Waals surface area (Å²) in [5.74, 6) is -0.0852. The fraction of sp³-hybridized carbons (Fsp3) is 0.188. The van der Waals surface area contributed by atoms with Crippen molar-refractivity contribution in [2.24, 2.45) is 0 Å². The van der Waals surface area contributed by atoms with E-state index in [0.29, 0.717) is 29.1 Å². The van der Waals surface area contributed by atoms with E-state index in [2.05, 4.69) is 15.9 Å². The molecular weight excluding hydrogens is 354 g/mol. The first kappa shape index (κ1) is 14.6. The Balaban J connectivity index is 2.03. The van der Waals surface area contributed by atoms with Crippen LogP contribution in [-0.2, 0) is 0 Å². The molecule has 1 atom stereocenters. The third-order valence-corrected chi connectivity index (χ3v) is 4.54. The minimum Gasteiger partial charge on any atom is -0.388 e. The van der Waals surface area contributed by atoms with Crippen LogP contribution in [0.4, 0.5) is 5.69 Å². The van der Waals surface area contributed by atoms with Crippen LogP contribution in [-0.4, -0.2) is 17.6 Å². The maximum absolute atomic E-state index is 12.8. The first-order valence-corrected chi connectivity index (χ1v) is 7.79. The zero-order chi connectivity index (χ0) is 15.0. The first-order chi connectivity index (χ1) is 10.1. The fourth-order valence-corrected chi connectivity index (χ4v) is 3.19. The van der Waals surface area contributed by atoms with Gasteiger partial charge in [0.25, 0.3) is 5.91 Å². The number of amides is 1. The third-order valence-electron chi connectivity index (χ3n) is 3.61. The summed E-state index contributed by atoms with van der Waals surface area (Å²) in [6, 6.07) is 12.6.